The minimum absolute atomic E-state index is 0.154. The third-order valence-electron chi connectivity index (χ3n) is 7.79. The number of nitrogens with zero attached hydrogens (tertiary/aromatic N) is 5. The van der Waals surface area contributed by atoms with Crippen LogP contribution in [0.25, 0.3) is 11.5 Å². The summed E-state index contributed by atoms with van der Waals surface area (Å²) in [5.74, 6) is 2.05. The first-order valence-electron chi connectivity index (χ1n) is 17.4. The number of carbonyl (C=O) groups is 1. The molecule has 2 aromatic heterocycles. The summed E-state index contributed by atoms with van der Waals surface area (Å²) >= 11 is 0. The Balaban J connectivity index is 1.06. The molecule has 2 aromatic carbocycles. The number of unbranched alkanes of at least 4 members (excludes halogenated alkanes) is 5. The van der Waals surface area contributed by atoms with Crippen LogP contribution in [0.15, 0.2) is 67.1 Å². The van der Waals surface area contributed by atoms with E-state index in [2.05, 4.69) is 37.7 Å². The van der Waals surface area contributed by atoms with E-state index in [1.807, 2.05) is 54.1 Å². The first-order valence-corrected chi connectivity index (χ1v) is 17.4. The number of benzene rings is 2. The van der Waals surface area contributed by atoms with Crippen LogP contribution in [0.3, 0.4) is 0 Å². The Labute approximate surface area is 290 Å². The summed E-state index contributed by atoms with van der Waals surface area (Å²) in [7, 11) is 1.89. The van der Waals surface area contributed by atoms with Gasteiger partial charge in [-0.15, -0.1) is 10.2 Å². The van der Waals surface area contributed by atoms with Crippen LogP contribution in [0, 0.1) is 0 Å². The molecule has 0 unspecified atom stereocenters. The number of nitrogens with one attached hydrogen (secondary N) is 2. The molecule has 0 atom stereocenters. The second-order valence-electron chi connectivity index (χ2n) is 11.7. The Kier molecular flexibility index (Phi) is 17.0. The van der Waals surface area contributed by atoms with Crippen LogP contribution in [0.4, 0.5) is 5.69 Å². The number of hydrogen-bond acceptors (Lipinski definition) is 10. The fraction of sp³-hybridized carbons (Fsp3) is 0.486. The van der Waals surface area contributed by atoms with Gasteiger partial charge < -0.3 is 34.1 Å². The van der Waals surface area contributed by atoms with Gasteiger partial charge in [0.2, 0.25) is 0 Å². The lowest BCUT2D eigenvalue weighted by atomic mass is 10.1. The topological polar surface area (TPSA) is 135 Å². The van der Waals surface area contributed by atoms with E-state index in [4.69, 9.17) is 18.9 Å². The first-order chi connectivity index (χ1) is 24.1. The second kappa shape index (κ2) is 22.3. The third-order valence-corrected chi connectivity index (χ3v) is 7.79. The minimum atomic E-state index is -0.154. The quantitative estimate of drug-likeness (QED) is 0.0808. The van der Waals surface area contributed by atoms with Crippen molar-refractivity contribution in [2.45, 2.75) is 65.0 Å². The van der Waals surface area contributed by atoms with Crippen molar-refractivity contribution in [3.8, 4) is 17.3 Å². The SMILES string of the molecule is CCCCCOCCOCCOCCCCCCOc1cccc(CNC(=O)c2cccc(NCc3nnc(-c4ccncn4)n3C)c2)c1. The highest BCUT2D eigenvalue weighted by Crippen LogP contribution is 2.17. The lowest BCUT2D eigenvalue weighted by molar-refractivity contribution is 0.0132. The molecular formula is C37H51N7O5. The van der Waals surface area contributed by atoms with Gasteiger partial charge in [0.1, 0.15) is 17.8 Å². The number of ether oxygens (including phenoxy) is 4. The number of rotatable bonds is 25. The van der Waals surface area contributed by atoms with Gasteiger partial charge in [0.05, 0.1) is 39.6 Å². The maximum atomic E-state index is 13.0. The molecule has 4 rings (SSSR count). The molecule has 0 radical (unpaired) electrons. The number of carbonyl (C=O) groups excluding carboxylic acids is 1. The van der Waals surface area contributed by atoms with Crippen LogP contribution in [0.2, 0.25) is 0 Å². The van der Waals surface area contributed by atoms with Crippen molar-refractivity contribution in [2.75, 3.05) is 51.6 Å². The van der Waals surface area contributed by atoms with Crippen LogP contribution >= 0.6 is 0 Å². The predicted molar refractivity (Wildman–Crippen MR) is 189 cm³/mol. The summed E-state index contributed by atoms with van der Waals surface area (Å²) in [4.78, 5) is 21.2. The largest absolute Gasteiger partial charge is 0.494 e. The zero-order valence-corrected chi connectivity index (χ0v) is 28.9. The van der Waals surface area contributed by atoms with E-state index in [1.54, 1.807) is 18.3 Å². The van der Waals surface area contributed by atoms with E-state index in [0.29, 0.717) is 63.2 Å². The minimum Gasteiger partial charge on any atom is -0.494 e. The van der Waals surface area contributed by atoms with Gasteiger partial charge in [0, 0.05) is 44.3 Å². The Morgan fingerprint density at radius 1 is 0.776 bits per heavy atom. The highest BCUT2D eigenvalue weighted by Gasteiger charge is 2.12. The molecule has 49 heavy (non-hydrogen) atoms. The molecule has 0 fully saturated rings. The molecule has 12 nitrogen and oxygen atoms in total. The van der Waals surface area contributed by atoms with Crippen molar-refractivity contribution < 1.29 is 23.7 Å². The molecule has 0 bridgehead atoms. The molecule has 2 N–H and O–H groups in total. The zero-order valence-electron chi connectivity index (χ0n) is 28.9. The molecule has 4 aromatic rings. The van der Waals surface area contributed by atoms with Crippen LogP contribution in [0.1, 0.15) is 73.6 Å². The number of aromatic nitrogens is 5. The molecule has 264 valence electrons. The summed E-state index contributed by atoms with van der Waals surface area (Å²) < 4.78 is 24.6. The molecule has 0 saturated heterocycles. The standard InChI is InChI=1S/C37H51N7O5/c1-3-4-7-18-46-21-23-48-24-22-47-19-8-5-6-9-20-49-33-15-10-12-30(25-33)27-40-37(45)31-13-11-14-32(26-31)39-28-35-42-43-36(44(35)2)34-16-17-38-29-41-34/h10-17,25-26,29,39H,3-9,18-24,27-28H2,1-2H3,(H,40,45). The van der Waals surface area contributed by atoms with Gasteiger partial charge in [0.15, 0.2) is 11.6 Å². The lowest BCUT2D eigenvalue weighted by Crippen LogP contribution is -2.22. The molecule has 1 amide bonds. The van der Waals surface area contributed by atoms with E-state index in [-0.39, 0.29) is 5.91 Å². The van der Waals surface area contributed by atoms with Crippen LogP contribution < -0.4 is 15.4 Å². The summed E-state index contributed by atoms with van der Waals surface area (Å²) in [5, 5.41) is 14.9. The molecular weight excluding hydrogens is 622 g/mol. The van der Waals surface area contributed by atoms with E-state index in [9.17, 15) is 4.79 Å². The summed E-state index contributed by atoms with van der Waals surface area (Å²) in [6, 6.07) is 17.0. The van der Waals surface area contributed by atoms with E-state index in [1.165, 1.54) is 19.2 Å². The fourth-order valence-corrected chi connectivity index (χ4v) is 4.99. The lowest BCUT2D eigenvalue weighted by Gasteiger charge is -2.11. The molecule has 0 aliphatic rings. The van der Waals surface area contributed by atoms with Gasteiger partial charge in [0.25, 0.3) is 5.91 Å². The Morgan fingerprint density at radius 3 is 2.27 bits per heavy atom. The Hall–Kier alpha value is -4.39. The van der Waals surface area contributed by atoms with Crippen molar-refractivity contribution in [3.63, 3.8) is 0 Å². The van der Waals surface area contributed by atoms with Crippen LogP contribution in [-0.4, -0.2) is 76.9 Å². The first kappa shape index (κ1) is 37.4. The molecule has 2 heterocycles. The monoisotopic (exact) mass is 673 g/mol. The highest BCUT2D eigenvalue weighted by atomic mass is 16.5. The normalized spacial score (nSPS) is 11.1. The maximum Gasteiger partial charge on any atom is 0.251 e. The van der Waals surface area contributed by atoms with E-state index >= 15 is 0 Å². The summed E-state index contributed by atoms with van der Waals surface area (Å²) in [6.45, 7) is 7.77. The van der Waals surface area contributed by atoms with E-state index < -0.39 is 0 Å². The van der Waals surface area contributed by atoms with Gasteiger partial charge in [-0.3, -0.25) is 4.79 Å². The van der Waals surface area contributed by atoms with Crippen molar-refractivity contribution in [2.24, 2.45) is 7.05 Å². The van der Waals surface area contributed by atoms with Gasteiger partial charge in [-0.1, -0.05) is 44.4 Å². The third kappa shape index (κ3) is 13.9. The average Bonchev–Trinajstić information content (AvgIpc) is 3.51. The van der Waals surface area contributed by atoms with Crippen molar-refractivity contribution in [1.29, 1.82) is 0 Å². The van der Waals surface area contributed by atoms with Gasteiger partial charge >= 0.3 is 0 Å². The van der Waals surface area contributed by atoms with E-state index in [0.717, 1.165) is 68.1 Å². The fourth-order valence-electron chi connectivity index (χ4n) is 4.99. The number of anilines is 1. The van der Waals surface area contributed by atoms with Crippen LogP contribution in [0.5, 0.6) is 5.75 Å². The van der Waals surface area contributed by atoms with Gasteiger partial charge in [-0.05, 0) is 67.6 Å². The zero-order chi connectivity index (χ0) is 34.4. The van der Waals surface area contributed by atoms with Crippen LogP contribution in [-0.2, 0) is 34.3 Å². The average molecular weight is 674 g/mol. The predicted octanol–water partition coefficient (Wildman–Crippen LogP) is 5.99. The highest BCUT2D eigenvalue weighted by molar-refractivity contribution is 5.95. The molecule has 0 spiro atoms. The maximum absolute atomic E-state index is 13.0. The van der Waals surface area contributed by atoms with Crippen molar-refractivity contribution in [1.82, 2.24) is 30.0 Å². The molecule has 0 saturated carbocycles. The van der Waals surface area contributed by atoms with Crippen molar-refractivity contribution >= 4 is 11.6 Å². The molecule has 12 heteroatoms. The van der Waals surface area contributed by atoms with Crippen molar-refractivity contribution in [3.05, 3.63) is 84.1 Å². The number of hydrogen-bond donors (Lipinski definition) is 2. The number of amides is 1. The Bertz CT molecular complexity index is 1500. The smallest absolute Gasteiger partial charge is 0.251 e. The Morgan fingerprint density at radius 2 is 1.51 bits per heavy atom. The molecule has 0 aliphatic carbocycles. The van der Waals surface area contributed by atoms with Gasteiger partial charge in [-0.2, -0.15) is 0 Å². The second-order valence-corrected chi connectivity index (χ2v) is 11.7. The summed E-state index contributed by atoms with van der Waals surface area (Å²) in [6.07, 6.45) is 10.9. The summed E-state index contributed by atoms with van der Waals surface area (Å²) in [5.41, 5.74) is 3.05. The molecule has 0 aliphatic heterocycles. The van der Waals surface area contributed by atoms with Gasteiger partial charge in [-0.25, -0.2) is 9.97 Å².